The zero-order valence-corrected chi connectivity index (χ0v) is 45.2. The number of nitrogens with zero attached hydrogens (tertiary/aromatic N) is 16. The molecule has 12 aromatic rings. The highest BCUT2D eigenvalue weighted by Crippen LogP contribution is 2.46. The van der Waals surface area contributed by atoms with E-state index in [1.54, 1.807) is 54.9 Å². The van der Waals surface area contributed by atoms with Crippen molar-refractivity contribution in [3.63, 3.8) is 0 Å². The summed E-state index contributed by atoms with van der Waals surface area (Å²) in [5.41, 5.74) is 9.13. The lowest BCUT2D eigenvalue weighted by atomic mass is 9.91. The molecule has 12 rings (SSSR count). The van der Waals surface area contributed by atoms with Crippen molar-refractivity contribution >= 4 is 43.6 Å². The van der Waals surface area contributed by atoms with Gasteiger partial charge < -0.3 is 9.13 Å². The molecule has 3 aromatic heterocycles. The number of hydrogen-bond acceptors (Lipinski definition) is 14. The molecule has 0 N–H and O–H groups in total. The first-order valence-electron chi connectivity index (χ1n) is 26.2. The van der Waals surface area contributed by atoms with Crippen molar-refractivity contribution in [3.05, 3.63) is 230 Å². The number of aromatic nitrogens is 3. The molecule has 16 heteroatoms. The van der Waals surface area contributed by atoms with E-state index in [0.717, 1.165) is 0 Å². The van der Waals surface area contributed by atoms with Crippen molar-refractivity contribution in [3.8, 4) is 146 Å². The molecular weight excluding hydrogens is 1090 g/mol. The lowest BCUT2D eigenvalue weighted by Crippen LogP contribution is -2.03. The van der Waals surface area contributed by atoms with Crippen molar-refractivity contribution in [1.82, 2.24) is 14.1 Å². The van der Waals surface area contributed by atoms with E-state index >= 15 is 0 Å². The Hall–Kier alpha value is -14.9. The lowest BCUT2D eigenvalue weighted by Gasteiger charge is -2.19. The van der Waals surface area contributed by atoms with Crippen LogP contribution in [0.15, 0.2) is 158 Å². The first kappa shape index (κ1) is 53.7. The SMILES string of the molecule is N#Cc1cc(C#N)c(-c2ccc3c(c2)c2cc(-c4c(C#N)cc(C#N)cc4C#N)ccc2n3-c2ccc(C#N)cc2-c2ccncc2-n2c3ccc(-c4c(C#N)cc(C#N)cc4C#N)cc3c3cc(-c4c(C#N)cc(C#N)cc4C#N)ccc32)c(C#N)c1. The molecule has 3 heterocycles. The van der Waals surface area contributed by atoms with Gasteiger partial charge in [-0.1, -0.05) is 24.3 Å². The minimum atomic E-state index is 0.0902. The molecule has 0 bridgehead atoms. The molecule has 0 unspecified atom stereocenters. The van der Waals surface area contributed by atoms with Gasteiger partial charge >= 0.3 is 0 Å². The predicted molar refractivity (Wildman–Crippen MR) is 321 cm³/mol. The van der Waals surface area contributed by atoms with Crippen molar-refractivity contribution in [2.24, 2.45) is 0 Å². The number of hydrogen-bond donors (Lipinski definition) is 0. The van der Waals surface area contributed by atoms with Crippen LogP contribution in [0.4, 0.5) is 0 Å². The molecule has 0 saturated carbocycles. The average molecular weight is 1120 g/mol. The molecule has 0 aliphatic rings. The standard InChI is InChI=1S/C72H26N16/c73-26-40-1-6-63(87-64-7-2-45(69-49(31-78)13-41(27-74)14-50(69)32-79)22-59(64)60-23-46(3-8-65(60)87)70-51(33-80)15-42(28-75)16-52(70)34-81)58(21-40)57-11-12-86-39-68(57)88-66-9-4-47(71-53(35-82)17-43(29-76)18-54(71)36-83)24-61(66)62-25-48(5-10-67(62)88)72-55(37-84)19-44(30-77)20-56(72)38-85/h1-25,39H. The average Bonchev–Trinajstić information content (AvgIpc) is 2.09. The molecule has 9 aromatic carbocycles. The largest absolute Gasteiger partial charge is 0.309 e. The molecule has 0 saturated heterocycles. The highest BCUT2D eigenvalue weighted by molar-refractivity contribution is 6.14. The fraction of sp³-hybridized carbons (Fsp3) is 0. The molecule has 0 amide bonds. The number of rotatable bonds is 7. The summed E-state index contributed by atoms with van der Waals surface area (Å²) in [6.07, 6.45) is 3.28. The number of fused-ring (bicyclic) bond motifs is 6. The first-order valence-corrected chi connectivity index (χ1v) is 26.2. The van der Waals surface area contributed by atoms with Crippen LogP contribution in [0.5, 0.6) is 0 Å². The van der Waals surface area contributed by atoms with Gasteiger partial charge in [-0.3, -0.25) is 4.98 Å². The molecule has 0 atom stereocenters. The number of pyridine rings is 1. The van der Waals surface area contributed by atoms with Crippen molar-refractivity contribution in [2.75, 3.05) is 0 Å². The predicted octanol–water partition coefficient (Wildman–Crippen LogP) is 13.9. The van der Waals surface area contributed by atoms with E-state index in [1.165, 1.54) is 48.5 Å². The molecule has 0 fully saturated rings. The fourth-order valence-electron chi connectivity index (χ4n) is 11.8. The van der Waals surface area contributed by atoms with Crippen LogP contribution in [0, 0.1) is 147 Å². The Morgan fingerprint density at radius 3 is 0.807 bits per heavy atom. The second kappa shape index (κ2) is 21.5. The summed E-state index contributed by atoms with van der Waals surface area (Å²) in [7, 11) is 0. The summed E-state index contributed by atoms with van der Waals surface area (Å²) in [6.45, 7) is 0. The Balaban J connectivity index is 1.16. The van der Waals surface area contributed by atoms with Crippen LogP contribution in [0.1, 0.15) is 72.3 Å². The number of nitriles is 13. The van der Waals surface area contributed by atoms with Crippen molar-refractivity contribution in [1.29, 1.82) is 68.4 Å². The summed E-state index contributed by atoms with van der Waals surface area (Å²) in [6, 6.07) is 67.6. The second-order valence-corrected chi connectivity index (χ2v) is 20.0. The van der Waals surface area contributed by atoms with E-state index in [4.69, 9.17) is 0 Å². The monoisotopic (exact) mass is 1110 g/mol. The molecule has 0 aliphatic heterocycles. The minimum Gasteiger partial charge on any atom is -0.309 e. The zero-order valence-electron chi connectivity index (χ0n) is 45.2. The Morgan fingerprint density at radius 2 is 0.534 bits per heavy atom. The van der Waals surface area contributed by atoms with E-state index in [9.17, 15) is 68.4 Å². The summed E-state index contributed by atoms with van der Waals surface area (Å²) >= 11 is 0. The third-order valence-corrected chi connectivity index (χ3v) is 15.4. The van der Waals surface area contributed by atoms with Gasteiger partial charge in [0.2, 0.25) is 0 Å². The Labute approximate surface area is 499 Å². The van der Waals surface area contributed by atoms with Gasteiger partial charge in [-0.2, -0.15) is 68.4 Å². The van der Waals surface area contributed by atoms with Gasteiger partial charge in [0.1, 0.15) is 0 Å². The molecule has 0 radical (unpaired) electrons. The maximum Gasteiger partial charge on any atom is 0.0999 e. The van der Waals surface area contributed by atoms with Crippen LogP contribution in [0.3, 0.4) is 0 Å². The van der Waals surface area contributed by atoms with E-state index in [1.807, 2.05) is 88.0 Å². The third-order valence-electron chi connectivity index (χ3n) is 15.4. The Kier molecular flexibility index (Phi) is 13.1. The topological polar surface area (TPSA) is 332 Å². The molecule has 0 aliphatic carbocycles. The van der Waals surface area contributed by atoms with Crippen molar-refractivity contribution in [2.45, 2.75) is 0 Å². The van der Waals surface area contributed by atoms with E-state index < -0.39 is 0 Å². The minimum absolute atomic E-state index is 0.0902. The van der Waals surface area contributed by atoms with Gasteiger partial charge in [0.15, 0.2) is 0 Å². The van der Waals surface area contributed by atoms with Gasteiger partial charge in [-0.05, 0) is 144 Å². The first-order chi connectivity index (χ1) is 43.0. The van der Waals surface area contributed by atoms with Gasteiger partial charge in [-0.15, -0.1) is 0 Å². The normalized spacial score (nSPS) is 10.4. The van der Waals surface area contributed by atoms with Crippen LogP contribution < -0.4 is 0 Å². The maximum atomic E-state index is 10.7. The summed E-state index contributed by atoms with van der Waals surface area (Å²) in [5, 5.41) is 136. The highest BCUT2D eigenvalue weighted by Gasteiger charge is 2.26. The summed E-state index contributed by atoms with van der Waals surface area (Å²) in [4.78, 5) is 4.67. The van der Waals surface area contributed by atoms with Gasteiger partial charge in [0.25, 0.3) is 0 Å². The fourth-order valence-corrected chi connectivity index (χ4v) is 11.8. The smallest absolute Gasteiger partial charge is 0.0999 e. The highest BCUT2D eigenvalue weighted by atomic mass is 15.0. The summed E-state index contributed by atoms with van der Waals surface area (Å²) < 4.78 is 3.95. The Bertz CT molecular complexity index is 5380. The van der Waals surface area contributed by atoms with Gasteiger partial charge in [0.05, 0.1) is 191 Å². The lowest BCUT2D eigenvalue weighted by molar-refractivity contribution is 1.13. The second-order valence-electron chi connectivity index (χ2n) is 20.0. The molecule has 0 spiro atoms. The number of benzene rings is 9. The zero-order chi connectivity index (χ0) is 61.5. The molecule has 394 valence electrons. The molecule has 16 nitrogen and oxygen atoms in total. The molecule has 88 heavy (non-hydrogen) atoms. The van der Waals surface area contributed by atoms with Crippen LogP contribution >= 0.6 is 0 Å². The van der Waals surface area contributed by atoms with Crippen LogP contribution in [-0.2, 0) is 0 Å². The van der Waals surface area contributed by atoms with E-state index in [2.05, 4.69) is 59.6 Å². The van der Waals surface area contributed by atoms with Crippen LogP contribution in [0.2, 0.25) is 0 Å². The van der Waals surface area contributed by atoms with Gasteiger partial charge in [0, 0.05) is 61.1 Å². The summed E-state index contributed by atoms with van der Waals surface area (Å²) in [5.74, 6) is 0. The van der Waals surface area contributed by atoms with E-state index in [0.29, 0.717) is 116 Å². The maximum absolute atomic E-state index is 10.7. The molecular formula is C72H26N16. The van der Waals surface area contributed by atoms with Crippen LogP contribution in [0.25, 0.3) is 111 Å². The van der Waals surface area contributed by atoms with Crippen molar-refractivity contribution < 1.29 is 0 Å². The Morgan fingerprint density at radius 1 is 0.250 bits per heavy atom. The van der Waals surface area contributed by atoms with Gasteiger partial charge in [-0.25, -0.2) is 0 Å². The van der Waals surface area contributed by atoms with E-state index in [-0.39, 0.29) is 66.8 Å². The third kappa shape index (κ3) is 8.47. The quantitative estimate of drug-likeness (QED) is 0.143. The van der Waals surface area contributed by atoms with Crippen LogP contribution in [-0.4, -0.2) is 14.1 Å².